The first kappa shape index (κ1) is 25.5. The third-order valence-electron chi connectivity index (χ3n) is 5.67. The van der Waals surface area contributed by atoms with Crippen molar-refractivity contribution in [1.29, 1.82) is 0 Å². The minimum atomic E-state index is -0.471. The fourth-order valence-corrected chi connectivity index (χ4v) is 3.75. The molecule has 198 valence electrons. The Labute approximate surface area is 223 Å². The Balaban J connectivity index is 1.33. The first-order valence-corrected chi connectivity index (χ1v) is 12.2. The number of hydrogen-bond acceptors (Lipinski definition) is 8. The molecule has 0 fully saturated rings. The van der Waals surface area contributed by atoms with Crippen LogP contribution in [0.25, 0.3) is 23.2 Å². The SMILES string of the molecule is CC(C)COc1nc(-c2ccc3c(c2)OCO3)n(-c2ccc(NC(=O)C=Cc3ccc([N+](=O)[O-])cc3)cc2)n1. The number of anilines is 1. The standard InChI is InChI=1S/C28H25N5O6/c1-18(2)16-37-28-30-27(20-6-13-24-25(15-20)39-17-38-24)32(31-28)22-11-7-21(8-12-22)29-26(34)14-5-19-3-9-23(10-4-19)33(35)36/h3-15,18H,16-17H2,1-2H3,(H,29,34). The van der Waals surface area contributed by atoms with Crippen LogP contribution in [-0.2, 0) is 4.79 Å². The summed E-state index contributed by atoms with van der Waals surface area (Å²) in [5, 5.41) is 18.1. The smallest absolute Gasteiger partial charge is 0.336 e. The number of carbonyl (C=O) groups excluding carboxylic acids is 1. The van der Waals surface area contributed by atoms with Gasteiger partial charge in [0.2, 0.25) is 12.7 Å². The molecule has 0 saturated heterocycles. The Morgan fingerprint density at radius 3 is 2.56 bits per heavy atom. The zero-order chi connectivity index (χ0) is 27.4. The molecule has 0 radical (unpaired) electrons. The van der Waals surface area contributed by atoms with Crippen molar-refractivity contribution >= 4 is 23.4 Å². The van der Waals surface area contributed by atoms with Crippen LogP contribution in [0, 0.1) is 16.0 Å². The quantitative estimate of drug-likeness (QED) is 0.177. The molecular weight excluding hydrogens is 502 g/mol. The normalized spacial score (nSPS) is 12.2. The van der Waals surface area contributed by atoms with Gasteiger partial charge in [-0.1, -0.05) is 13.8 Å². The number of non-ortho nitro benzene ring substituents is 1. The maximum absolute atomic E-state index is 12.4. The third-order valence-corrected chi connectivity index (χ3v) is 5.67. The Morgan fingerprint density at radius 2 is 1.85 bits per heavy atom. The molecule has 1 aliphatic rings. The van der Waals surface area contributed by atoms with Gasteiger partial charge < -0.3 is 19.5 Å². The van der Waals surface area contributed by atoms with Crippen molar-refractivity contribution in [1.82, 2.24) is 14.8 Å². The maximum Gasteiger partial charge on any atom is 0.336 e. The molecule has 0 aliphatic carbocycles. The molecular formula is C28H25N5O6. The molecule has 0 bridgehead atoms. The molecule has 2 heterocycles. The Morgan fingerprint density at radius 1 is 1.10 bits per heavy atom. The molecule has 0 spiro atoms. The number of nitro benzene ring substituents is 1. The lowest BCUT2D eigenvalue weighted by molar-refractivity contribution is -0.384. The van der Waals surface area contributed by atoms with Crippen LogP contribution in [0.1, 0.15) is 19.4 Å². The van der Waals surface area contributed by atoms with Crippen molar-refractivity contribution in [3.63, 3.8) is 0 Å². The zero-order valence-electron chi connectivity index (χ0n) is 21.2. The second-order valence-electron chi connectivity index (χ2n) is 9.12. The van der Waals surface area contributed by atoms with E-state index in [0.29, 0.717) is 46.8 Å². The van der Waals surface area contributed by atoms with E-state index in [2.05, 4.69) is 15.4 Å². The highest BCUT2D eigenvalue weighted by Gasteiger charge is 2.19. The first-order chi connectivity index (χ1) is 18.9. The third kappa shape index (κ3) is 6.04. The van der Waals surface area contributed by atoms with Crippen LogP contribution in [0.2, 0.25) is 0 Å². The van der Waals surface area contributed by atoms with E-state index in [1.54, 1.807) is 35.0 Å². The fraction of sp³-hybridized carbons (Fsp3) is 0.179. The molecule has 0 unspecified atom stereocenters. The van der Waals surface area contributed by atoms with Crippen molar-refractivity contribution in [3.05, 3.63) is 88.5 Å². The molecule has 1 aliphatic heterocycles. The number of nitro groups is 1. The van der Waals surface area contributed by atoms with Gasteiger partial charge in [0.1, 0.15) is 0 Å². The minimum absolute atomic E-state index is 0.00985. The van der Waals surface area contributed by atoms with Gasteiger partial charge in [-0.05, 0) is 72.2 Å². The molecule has 1 aromatic heterocycles. The molecule has 5 rings (SSSR count). The minimum Gasteiger partial charge on any atom is -0.462 e. The number of fused-ring (bicyclic) bond motifs is 1. The van der Waals surface area contributed by atoms with Gasteiger partial charge in [-0.3, -0.25) is 14.9 Å². The van der Waals surface area contributed by atoms with Crippen LogP contribution in [-0.4, -0.2) is 39.0 Å². The molecule has 4 aromatic rings. The van der Waals surface area contributed by atoms with Gasteiger partial charge in [0.15, 0.2) is 17.3 Å². The molecule has 3 aromatic carbocycles. The Bertz CT molecular complexity index is 1530. The molecule has 0 saturated carbocycles. The highest BCUT2D eigenvalue weighted by molar-refractivity contribution is 6.02. The van der Waals surface area contributed by atoms with E-state index < -0.39 is 4.92 Å². The number of amides is 1. The van der Waals surface area contributed by atoms with Crippen LogP contribution in [0.5, 0.6) is 17.5 Å². The van der Waals surface area contributed by atoms with Crippen LogP contribution >= 0.6 is 0 Å². The van der Waals surface area contributed by atoms with Crippen molar-refractivity contribution in [2.24, 2.45) is 5.92 Å². The van der Waals surface area contributed by atoms with Gasteiger partial charge in [0.25, 0.3) is 5.69 Å². The van der Waals surface area contributed by atoms with Gasteiger partial charge in [-0.25, -0.2) is 4.68 Å². The van der Waals surface area contributed by atoms with E-state index >= 15 is 0 Å². The maximum atomic E-state index is 12.4. The monoisotopic (exact) mass is 527 g/mol. The summed E-state index contributed by atoms with van der Waals surface area (Å²) in [5.74, 6) is 1.83. The lowest BCUT2D eigenvalue weighted by atomic mass is 10.2. The van der Waals surface area contributed by atoms with Crippen LogP contribution < -0.4 is 19.5 Å². The van der Waals surface area contributed by atoms with E-state index in [-0.39, 0.29) is 24.4 Å². The van der Waals surface area contributed by atoms with E-state index in [0.717, 1.165) is 5.56 Å². The number of hydrogen-bond donors (Lipinski definition) is 1. The van der Waals surface area contributed by atoms with Crippen LogP contribution in [0.15, 0.2) is 72.8 Å². The van der Waals surface area contributed by atoms with Crippen molar-refractivity contribution in [2.75, 3.05) is 18.7 Å². The number of benzene rings is 3. The number of rotatable bonds is 9. The van der Waals surface area contributed by atoms with Gasteiger partial charge in [-0.15, -0.1) is 5.10 Å². The molecule has 1 N–H and O–H groups in total. The van der Waals surface area contributed by atoms with Crippen molar-refractivity contribution in [2.45, 2.75) is 13.8 Å². The summed E-state index contributed by atoms with van der Waals surface area (Å²) in [4.78, 5) is 27.3. The van der Waals surface area contributed by atoms with Crippen LogP contribution in [0.3, 0.4) is 0 Å². The van der Waals surface area contributed by atoms with Crippen molar-refractivity contribution in [3.8, 4) is 34.6 Å². The molecule has 1 amide bonds. The lowest BCUT2D eigenvalue weighted by Gasteiger charge is -2.08. The van der Waals surface area contributed by atoms with E-state index in [1.807, 2.05) is 44.2 Å². The molecule has 39 heavy (non-hydrogen) atoms. The summed E-state index contributed by atoms with van der Waals surface area (Å²) in [6.45, 7) is 4.74. The van der Waals surface area contributed by atoms with E-state index in [1.165, 1.54) is 18.2 Å². The summed E-state index contributed by atoms with van der Waals surface area (Å²) < 4.78 is 18.4. The summed E-state index contributed by atoms with van der Waals surface area (Å²) in [6.07, 6.45) is 2.95. The molecule has 0 atom stereocenters. The molecule has 11 nitrogen and oxygen atoms in total. The van der Waals surface area contributed by atoms with E-state index in [4.69, 9.17) is 14.2 Å². The largest absolute Gasteiger partial charge is 0.462 e. The number of nitrogens with one attached hydrogen (secondary N) is 1. The second-order valence-corrected chi connectivity index (χ2v) is 9.12. The van der Waals surface area contributed by atoms with Gasteiger partial charge in [-0.2, -0.15) is 4.98 Å². The average Bonchev–Trinajstić information content (AvgIpc) is 3.58. The predicted molar refractivity (Wildman–Crippen MR) is 144 cm³/mol. The van der Waals surface area contributed by atoms with E-state index in [9.17, 15) is 14.9 Å². The summed E-state index contributed by atoms with van der Waals surface area (Å²) in [6, 6.07) is 18.9. The fourth-order valence-electron chi connectivity index (χ4n) is 3.75. The topological polar surface area (TPSA) is 131 Å². The summed E-state index contributed by atoms with van der Waals surface area (Å²) in [7, 11) is 0. The number of ether oxygens (including phenoxy) is 3. The van der Waals surface area contributed by atoms with Gasteiger partial charge in [0.05, 0.1) is 17.2 Å². The van der Waals surface area contributed by atoms with Crippen molar-refractivity contribution < 1.29 is 23.9 Å². The van der Waals surface area contributed by atoms with Crippen LogP contribution in [0.4, 0.5) is 11.4 Å². The lowest BCUT2D eigenvalue weighted by Crippen LogP contribution is -2.08. The first-order valence-electron chi connectivity index (χ1n) is 12.2. The number of nitrogens with zero attached hydrogens (tertiary/aromatic N) is 4. The number of aromatic nitrogens is 3. The summed E-state index contributed by atoms with van der Waals surface area (Å²) >= 11 is 0. The Kier molecular flexibility index (Phi) is 7.21. The highest BCUT2D eigenvalue weighted by atomic mass is 16.7. The summed E-state index contributed by atoms with van der Waals surface area (Å²) in [5.41, 5.74) is 2.74. The predicted octanol–water partition coefficient (Wildman–Crippen LogP) is 5.26. The molecule has 11 heteroatoms. The second kappa shape index (κ2) is 11.1. The number of carbonyl (C=O) groups is 1. The highest BCUT2D eigenvalue weighted by Crippen LogP contribution is 2.36. The zero-order valence-corrected chi connectivity index (χ0v) is 21.2. The Hall–Kier alpha value is -5.19. The van der Waals surface area contributed by atoms with Gasteiger partial charge >= 0.3 is 6.01 Å². The average molecular weight is 528 g/mol. The van der Waals surface area contributed by atoms with Gasteiger partial charge in [0, 0.05) is 29.5 Å².